The average molecular weight is 280 g/mol. The van der Waals surface area contributed by atoms with Crippen molar-refractivity contribution in [3.63, 3.8) is 0 Å². The highest BCUT2D eigenvalue weighted by Gasteiger charge is 2.20. The van der Waals surface area contributed by atoms with Gasteiger partial charge >= 0.3 is 0 Å². The highest BCUT2D eigenvalue weighted by molar-refractivity contribution is 7.15. The van der Waals surface area contributed by atoms with E-state index in [0.717, 1.165) is 36.7 Å². The smallest absolute Gasteiger partial charge is 0.193 e. The third-order valence-electron chi connectivity index (χ3n) is 3.27. The van der Waals surface area contributed by atoms with Crippen LogP contribution in [-0.4, -0.2) is 33.9 Å². The van der Waals surface area contributed by atoms with Gasteiger partial charge in [0.05, 0.1) is 5.69 Å². The monoisotopic (exact) mass is 280 g/mol. The van der Waals surface area contributed by atoms with Crippen LogP contribution in [0.4, 0.5) is 0 Å². The van der Waals surface area contributed by atoms with Crippen LogP contribution in [0, 0.1) is 5.41 Å². The first-order valence-corrected chi connectivity index (χ1v) is 7.75. The topological polar surface area (TPSA) is 46.6 Å². The quantitative estimate of drug-likeness (QED) is 0.848. The van der Waals surface area contributed by atoms with Crippen molar-refractivity contribution in [2.75, 3.05) is 19.6 Å². The Morgan fingerprint density at radius 3 is 2.89 bits per heavy atom. The van der Waals surface area contributed by atoms with Gasteiger partial charge in [-0.25, -0.2) is 4.98 Å². The van der Waals surface area contributed by atoms with E-state index in [1.807, 2.05) is 0 Å². The van der Waals surface area contributed by atoms with E-state index in [1.54, 1.807) is 11.3 Å². The van der Waals surface area contributed by atoms with E-state index < -0.39 is 0 Å². The molecule has 0 radical (unpaired) electrons. The molecule has 0 aromatic carbocycles. The lowest BCUT2D eigenvalue weighted by Gasteiger charge is -2.31. The molecule has 2 aromatic heterocycles. The van der Waals surface area contributed by atoms with Gasteiger partial charge in [0, 0.05) is 30.9 Å². The maximum Gasteiger partial charge on any atom is 0.193 e. The molecule has 0 aliphatic heterocycles. The van der Waals surface area contributed by atoms with Crippen LogP contribution in [0.5, 0.6) is 0 Å². The Kier molecular flexibility index (Phi) is 4.60. The van der Waals surface area contributed by atoms with Crippen molar-refractivity contribution in [3.05, 3.63) is 23.5 Å². The lowest BCUT2D eigenvalue weighted by molar-refractivity contribution is 0.174. The fraction of sp³-hybridized carbons (Fsp3) is 0.643. The molecule has 0 saturated carbocycles. The van der Waals surface area contributed by atoms with Crippen LogP contribution >= 0.6 is 11.3 Å². The molecule has 5 heteroatoms. The fourth-order valence-electron chi connectivity index (χ4n) is 2.28. The van der Waals surface area contributed by atoms with E-state index in [2.05, 4.69) is 52.8 Å². The van der Waals surface area contributed by atoms with Crippen LogP contribution in [0.25, 0.3) is 4.96 Å². The van der Waals surface area contributed by atoms with Crippen molar-refractivity contribution in [3.8, 4) is 0 Å². The minimum Gasteiger partial charge on any atom is -0.330 e. The van der Waals surface area contributed by atoms with Gasteiger partial charge in [0.25, 0.3) is 0 Å². The first kappa shape index (κ1) is 14.5. The molecule has 0 amide bonds. The number of fused-ring (bicyclic) bond motifs is 1. The van der Waals surface area contributed by atoms with E-state index in [9.17, 15) is 0 Å². The molecule has 2 rings (SSSR count). The molecule has 0 saturated heterocycles. The predicted molar refractivity (Wildman–Crippen MR) is 81.5 cm³/mol. The molecule has 19 heavy (non-hydrogen) atoms. The number of thiazole rings is 1. The second-order valence-electron chi connectivity index (χ2n) is 5.90. The van der Waals surface area contributed by atoms with E-state index in [-0.39, 0.29) is 5.41 Å². The molecule has 2 aromatic rings. The summed E-state index contributed by atoms with van der Waals surface area (Å²) in [6, 6.07) is 0. The van der Waals surface area contributed by atoms with Gasteiger partial charge in [0.2, 0.25) is 0 Å². The lowest BCUT2D eigenvalue weighted by atomic mass is 9.93. The molecule has 0 aliphatic carbocycles. The molecule has 0 aliphatic rings. The Morgan fingerprint density at radius 2 is 2.26 bits per heavy atom. The molecule has 0 bridgehead atoms. The molecule has 0 fully saturated rings. The van der Waals surface area contributed by atoms with Crippen LogP contribution in [0.15, 0.2) is 17.8 Å². The van der Waals surface area contributed by atoms with Crippen molar-refractivity contribution in [2.45, 2.75) is 33.7 Å². The second kappa shape index (κ2) is 6.03. The highest BCUT2D eigenvalue weighted by Crippen LogP contribution is 2.18. The summed E-state index contributed by atoms with van der Waals surface area (Å²) in [5, 5.41) is 2.06. The largest absolute Gasteiger partial charge is 0.330 e. The summed E-state index contributed by atoms with van der Waals surface area (Å²) in [6.07, 6.45) is 5.34. The van der Waals surface area contributed by atoms with Gasteiger partial charge in [0.1, 0.15) is 0 Å². The van der Waals surface area contributed by atoms with Gasteiger partial charge < -0.3 is 5.73 Å². The first-order valence-electron chi connectivity index (χ1n) is 6.87. The van der Waals surface area contributed by atoms with Crippen molar-refractivity contribution in [1.29, 1.82) is 0 Å². The molecule has 4 nitrogen and oxygen atoms in total. The van der Waals surface area contributed by atoms with Crippen LogP contribution < -0.4 is 5.73 Å². The summed E-state index contributed by atoms with van der Waals surface area (Å²) >= 11 is 1.68. The lowest BCUT2D eigenvalue weighted by Crippen LogP contribution is -2.38. The SMILES string of the molecule is CCCN(Cc1cn2ccsc2n1)CC(C)(C)CN. The van der Waals surface area contributed by atoms with Gasteiger partial charge in [-0.15, -0.1) is 11.3 Å². The van der Waals surface area contributed by atoms with Crippen molar-refractivity contribution >= 4 is 16.3 Å². The van der Waals surface area contributed by atoms with Crippen molar-refractivity contribution < 1.29 is 0 Å². The Bertz CT molecular complexity index is 486. The van der Waals surface area contributed by atoms with Crippen LogP contribution in [0.1, 0.15) is 32.9 Å². The molecule has 106 valence electrons. The maximum atomic E-state index is 5.84. The molecule has 0 unspecified atom stereocenters. The Hall–Kier alpha value is -0.910. The standard InChI is InChI=1S/C14H24N4S/c1-4-5-17(11-14(2,3)10-15)8-12-9-18-6-7-19-13(18)16-12/h6-7,9H,4-5,8,10-11,15H2,1-3H3. The zero-order chi connectivity index (χ0) is 13.9. The van der Waals surface area contributed by atoms with Gasteiger partial charge in [-0.2, -0.15) is 0 Å². The summed E-state index contributed by atoms with van der Waals surface area (Å²) in [7, 11) is 0. The average Bonchev–Trinajstić information content (AvgIpc) is 2.89. The first-order chi connectivity index (χ1) is 9.04. The van der Waals surface area contributed by atoms with Crippen molar-refractivity contribution in [2.24, 2.45) is 11.1 Å². The molecule has 0 atom stereocenters. The van der Waals surface area contributed by atoms with E-state index in [4.69, 9.17) is 5.73 Å². The number of hydrogen-bond donors (Lipinski definition) is 1. The van der Waals surface area contributed by atoms with Gasteiger partial charge in [0.15, 0.2) is 4.96 Å². The third kappa shape index (κ3) is 3.78. The molecule has 0 spiro atoms. The number of rotatable bonds is 7. The number of imidazole rings is 1. The van der Waals surface area contributed by atoms with Gasteiger partial charge in [-0.1, -0.05) is 20.8 Å². The zero-order valence-corrected chi connectivity index (χ0v) is 12.9. The maximum absolute atomic E-state index is 5.84. The van der Waals surface area contributed by atoms with E-state index >= 15 is 0 Å². The molecule has 2 N–H and O–H groups in total. The van der Waals surface area contributed by atoms with Crippen LogP contribution in [-0.2, 0) is 6.54 Å². The Morgan fingerprint density at radius 1 is 1.47 bits per heavy atom. The van der Waals surface area contributed by atoms with Crippen molar-refractivity contribution in [1.82, 2.24) is 14.3 Å². The number of hydrogen-bond acceptors (Lipinski definition) is 4. The minimum atomic E-state index is 0.159. The third-order valence-corrected chi connectivity index (χ3v) is 4.04. The van der Waals surface area contributed by atoms with Crippen LogP contribution in [0.2, 0.25) is 0 Å². The fourth-order valence-corrected chi connectivity index (χ4v) is 3.00. The summed E-state index contributed by atoms with van der Waals surface area (Å²) in [4.78, 5) is 8.19. The summed E-state index contributed by atoms with van der Waals surface area (Å²) in [5.41, 5.74) is 7.15. The summed E-state index contributed by atoms with van der Waals surface area (Å²) in [5.74, 6) is 0. The number of nitrogens with zero attached hydrogens (tertiary/aromatic N) is 3. The van der Waals surface area contributed by atoms with Gasteiger partial charge in [-0.05, 0) is 24.9 Å². The summed E-state index contributed by atoms with van der Waals surface area (Å²) < 4.78 is 2.10. The second-order valence-corrected chi connectivity index (χ2v) is 6.78. The predicted octanol–water partition coefficient (Wildman–Crippen LogP) is 2.59. The zero-order valence-electron chi connectivity index (χ0n) is 12.1. The molecule has 2 heterocycles. The van der Waals surface area contributed by atoms with E-state index in [1.165, 1.54) is 0 Å². The number of nitrogens with two attached hydrogens (primary N) is 1. The van der Waals surface area contributed by atoms with Crippen LogP contribution in [0.3, 0.4) is 0 Å². The number of aromatic nitrogens is 2. The Balaban J connectivity index is 2.05. The molecular formula is C14H24N4S. The highest BCUT2D eigenvalue weighted by atomic mass is 32.1. The minimum absolute atomic E-state index is 0.159. The Labute approximate surface area is 119 Å². The molecular weight excluding hydrogens is 256 g/mol. The van der Waals surface area contributed by atoms with Gasteiger partial charge in [-0.3, -0.25) is 9.30 Å². The summed E-state index contributed by atoms with van der Waals surface area (Å²) in [6.45, 7) is 10.4. The normalized spacial score (nSPS) is 12.7. The van der Waals surface area contributed by atoms with E-state index in [0.29, 0.717) is 6.54 Å².